The lowest BCUT2D eigenvalue weighted by Gasteiger charge is -2.29. The minimum absolute atomic E-state index is 0.0178. The number of aliphatic hydroxyl groups is 1. The largest absolute Gasteiger partial charge is 0.386 e. The second-order valence-corrected chi connectivity index (χ2v) is 14.2. The van der Waals surface area contributed by atoms with Crippen molar-refractivity contribution in [3.63, 3.8) is 0 Å². The van der Waals surface area contributed by atoms with Crippen LogP contribution in [0.4, 0.5) is 0 Å². The maximum Gasteiger partial charge on any atom is 0.246 e. The molecule has 248 valence electrons. The van der Waals surface area contributed by atoms with E-state index < -0.39 is 51.5 Å². The minimum Gasteiger partial charge on any atom is -0.386 e. The molecule has 1 aromatic rings. The van der Waals surface area contributed by atoms with Crippen molar-refractivity contribution >= 4 is 33.3 Å². The van der Waals surface area contributed by atoms with Crippen molar-refractivity contribution in [2.45, 2.75) is 80.7 Å². The molecule has 0 spiro atoms. The fourth-order valence-corrected chi connectivity index (χ4v) is 6.06. The first-order valence-electron chi connectivity index (χ1n) is 15.3. The van der Waals surface area contributed by atoms with E-state index in [4.69, 9.17) is 9.47 Å². The van der Waals surface area contributed by atoms with Crippen LogP contribution in [-0.2, 0) is 38.5 Å². The number of nitrogens with one attached hydrogen (secondary N) is 3. The molecule has 4 N–H and O–H groups in total. The van der Waals surface area contributed by atoms with Crippen LogP contribution < -0.4 is 16.0 Å². The monoisotopic (exact) mass is 648 g/mol. The van der Waals surface area contributed by atoms with Crippen LogP contribution in [-0.4, -0.2) is 111 Å². The first kappa shape index (κ1) is 34.7. The number of ether oxygens (including phenoxy) is 2. The van der Waals surface area contributed by atoms with Crippen molar-refractivity contribution in [3.05, 3.63) is 41.5 Å². The van der Waals surface area contributed by atoms with Gasteiger partial charge >= 0.3 is 0 Å². The third-order valence-corrected chi connectivity index (χ3v) is 9.50. The number of benzene rings is 1. The van der Waals surface area contributed by atoms with Gasteiger partial charge in [-0.3, -0.25) is 24.1 Å². The van der Waals surface area contributed by atoms with Crippen LogP contribution in [0.2, 0.25) is 0 Å². The van der Waals surface area contributed by atoms with Gasteiger partial charge in [-0.2, -0.15) is 0 Å². The highest BCUT2D eigenvalue weighted by Gasteiger charge is 2.50. The molecule has 2 heterocycles. The fourth-order valence-electron chi connectivity index (χ4n) is 5.43. The van der Waals surface area contributed by atoms with Crippen molar-refractivity contribution in [1.29, 1.82) is 0 Å². The number of carbonyl (C=O) groups excluding carboxylic acids is 4. The lowest BCUT2D eigenvalue weighted by molar-refractivity contribution is -0.136. The second kappa shape index (κ2) is 14.9. The summed E-state index contributed by atoms with van der Waals surface area (Å²) in [5.74, 6) is -2.23. The first-order chi connectivity index (χ1) is 21.3. The number of sulfone groups is 1. The molecular formula is C31H44N4O9S. The predicted octanol–water partition coefficient (Wildman–Crippen LogP) is 0.179. The number of morpholine rings is 1. The molecule has 1 aliphatic carbocycles. The number of carbonyl (C=O) groups is 4. The van der Waals surface area contributed by atoms with Crippen LogP contribution in [0.1, 0.15) is 57.6 Å². The van der Waals surface area contributed by atoms with Gasteiger partial charge in [0.05, 0.1) is 37.3 Å². The van der Waals surface area contributed by atoms with Crippen molar-refractivity contribution < 1.29 is 42.2 Å². The van der Waals surface area contributed by atoms with Crippen LogP contribution in [0.5, 0.6) is 0 Å². The lowest BCUT2D eigenvalue weighted by Crippen LogP contribution is -2.58. The molecule has 4 rings (SSSR count). The number of rotatable bonds is 14. The van der Waals surface area contributed by atoms with Gasteiger partial charge in [-0.25, -0.2) is 8.42 Å². The number of hydrogen-bond donors (Lipinski definition) is 4. The maximum absolute atomic E-state index is 13.8. The molecule has 2 saturated heterocycles. The first-order valence-corrected chi connectivity index (χ1v) is 17.2. The smallest absolute Gasteiger partial charge is 0.246 e. The summed E-state index contributed by atoms with van der Waals surface area (Å²) in [6.45, 7) is 5.60. The van der Waals surface area contributed by atoms with Gasteiger partial charge in [0.15, 0.2) is 15.6 Å². The molecule has 3 aliphatic rings. The molecule has 0 aromatic heterocycles. The Balaban J connectivity index is 1.53. The zero-order chi connectivity index (χ0) is 32.8. The van der Waals surface area contributed by atoms with Crippen molar-refractivity contribution in [3.8, 4) is 0 Å². The van der Waals surface area contributed by atoms with E-state index >= 15 is 0 Å². The highest BCUT2D eigenvalue weighted by molar-refractivity contribution is 7.90. The zero-order valence-corrected chi connectivity index (χ0v) is 26.9. The van der Waals surface area contributed by atoms with Gasteiger partial charge in [0.2, 0.25) is 17.7 Å². The van der Waals surface area contributed by atoms with Gasteiger partial charge in [-0.1, -0.05) is 23.8 Å². The topological polar surface area (TPSA) is 184 Å². The molecule has 1 aromatic carbocycles. The molecule has 5 atom stereocenters. The van der Waals surface area contributed by atoms with E-state index in [1.54, 1.807) is 6.92 Å². The molecule has 0 bridgehead atoms. The Morgan fingerprint density at radius 1 is 1.02 bits per heavy atom. The highest BCUT2D eigenvalue weighted by atomic mass is 32.2. The number of hydrogen-bond acceptors (Lipinski definition) is 10. The molecular weight excluding hydrogens is 604 g/mol. The third-order valence-electron chi connectivity index (χ3n) is 8.37. The summed E-state index contributed by atoms with van der Waals surface area (Å²) in [5, 5.41) is 19.3. The van der Waals surface area contributed by atoms with Crippen LogP contribution in [0.3, 0.4) is 0 Å². The van der Waals surface area contributed by atoms with Gasteiger partial charge < -0.3 is 30.5 Å². The summed E-state index contributed by atoms with van der Waals surface area (Å²) < 4.78 is 34.6. The number of Topliss-reactive ketones (excluding diaryl/α,β-unsaturated/α-hetero) is 1. The standard InChI is InChI=1S/C31H44N4O9S/c1-20(32-25(36)18-35-13-15-43-16-14-35)29(39)34-26(27(37)22-9-11-23(12-10-22)45(3,41)42)30(40)33-24(28(38)31(2)19-44-31)17-21-7-5-4-6-8-21/h7,9-12,20,24,26-27,37H,4-6,8,13-19H2,1-3H3,(H,32,36)(H,33,40)(H,34,39)/t20-,24-,26-,27+,31+/m0/s1. The van der Waals surface area contributed by atoms with Crippen molar-refractivity contribution in [2.24, 2.45) is 0 Å². The summed E-state index contributed by atoms with van der Waals surface area (Å²) in [7, 11) is -3.52. The fraction of sp³-hybridized carbons (Fsp3) is 0.613. The molecule has 14 heteroatoms. The average Bonchev–Trinajstić information content (AvgIpc) is 3.77. The Bertz CT molecular complexity index is 1390. The molecule has 13 nitrogen and oxygen atoms in total. The van der Waals surface area contributed by atoms with Crippen molar-refractivity contribution in [1.82, 2.24) is 20.9 Å². The number of ketones is 1. The number of amides is 3. The number of allylic oxidation sites excluding steroid dienone is 1. The van der Waals surface area contributed by atoms with Gasteiger partial charge in [-0.05, 0) is 63.6 Å². The van der Waals surface area contributed by atoms with E-state index in [0.29, 0.717) is 26.3 Å². The summed E-state index contributed by atoms with van der Waals surface area (Å²) >= 11 is 0. The normalized spacial score (nSPS) is 23.1. The molecule has 2 aliphatic heterocycles. The van der Waals surface area contributed by atoms with E-state index in [1.165, 1.54) is 31.2 Å². The maximum atomic E-state index is 13.8. The van der Waals surface area contributed by atoms with E-state index in [-0.39, 0.29) is 41.7 Å². The molecule has 0 saturated carbocycles. The van der Waals surface area contributed by atoms with Crippen LogP contribution >= 0.6 is 0 Å². The number of epoxide rings is 1. The Morgan fingerprint density at radius 3 is 2.27 bits per heavy atom. The van der Waals surface area contributed by atoms with E-state index in [2.05, 4.69) is 22.0 Å². The average molecular weight is 649 g/mol. The Labute approximate surface area is 264 Å². The third kappa shape index (κ3) is 9.66. The Morgan fingerprint density at radius 2 is 1.69 bits per heavy atom. The van der Waals surface area contributed by atoms with Gasteiger partial charge in [0.25, 0.3) is 0 Å². The summed E-state index contributed by atoms with van der Waals surface area (Å²) in [4.78, 5) is 55.1. The summed E-state index contributed by atoms with van der Waals surface area (Å²) in [5.41, 5.74) is 0.186. The summed E-state index contributed by atoms with van der Waals surface area (Å²) in [6, 6.07) is 1.71. The lowest BCUT2D eigenvalue weighted by atomic mass is 9.89. The SMILES string of the molecule is C[C@H](NC(=O)CN1CCOCC1)C(=O)N[C@H](C(=O)N[C@@H](CC1=CCCCC1)C(=O)[C@@]1(C)CO1)[C@H](O)c1ccc(S(C)(=O)=O)cc1. The van der Waals surface area contributed by atoms with E-state index in [1.807, 2.05) is 4.90 Å². The number of nitrogens with zero attached hydrogens (tertiary/aromatic N) is 1. The zero-order valence-electron chi connectivity index (χ0n) is 26.0. The van der Waals surface area contributed by atoms with Crippen LogP contribution in [0.25, 0.3) is 0 Å². The quantitative estimate of drug-likeness (QED) is 0.160. The molecule has 45 heavy (non-hydrogen) atoms. The molecule has 2 fully saturated rings. The molecule has 3 amide bonds. The van der Waals surface area contributed by atoms with Crippen LogP contribution in [0.15, 0.2) is 40.8 Å². The van der Waals surface area contributed by atoms with Gasteiger partial charge in [0, 0.05) is 19.3 Å². The Kier molecular flexibility index (Phi) is 11.5. The van der Waals surface area contributed by atoms with E-state index in [9.17, 15) is 32.7 Å². The Hall–Kier alpha value is -3.17. The molecule has 0 radical (unpaired) electrons. The highest BCUT2D eigenvalue weighted by Crippen LogP contribution is 2.31. The minimum atomic E-state index is -3.52. The van der Waals surface area contributed by atoms with Gasteiger partial charge in [-0.15, -0.1) is 0 Å². The van der Waals surface area contributed by atoms with Crippen LogP contribution in [0, 0.1) is 0 Å². The summed E-state index contributed by atoms with van der Waals surface area (Å²) in [6.07, 6.45) is 5.49. The second-order valence-electron chi connectivity index (χ2n) is 12.2. The van der Waals surface area contributed by atoms with E-state index in [0.717, 1.165) is 37.5 Å². The number of aliphatic hydroxyl groups excluding tert-OH is 1. The predicted molar refractivity (Wildman–Crippen MR) is 164 cm³/mol. The van der Waals surface area contributed by atoms with Crippen molar-refractivity contribution in [2.75, 3.05) is 45.7 Å². The van der Waals surface area contributed by atoms with Gasteiger partial charge in [0.1, 0.15) is 23.8 Å². The molecule has 0 unspecified atom stereocenters.